The summed E-state index contributed by atoms with van der Waals surface area (Å²) in [5.74, 6) is 0.902. The summed E-state index contributed by atoms with van der Waals surface area (Å²) in [4.78, 5) is 16.7. The molecule has 2 saturated heterocycles. The predicted octanol–water partition coefficient (Wildman–Crippen LogP) is 1.91. The lowest BCUT2D eigenvalue weighted by atomic mass is 10.0. The summed E-state index contributed by atoms with van der Waals surface area (Å²) in [7, 11) is 0. The van der Waals surface area contributed by atoms with Crippen LogP contribution in [0.3, 0.4) is 0 Å². The number of aliphatic hydroxyl groups is 1. The van der Waals surface area contributed by atoms with Gasteiger partial charge in [0.2, 0.25) is 0 Å². The number of urea groups is 1. The number of piperidine rings is 1. The quantitative estimate of drug-likeness (QED) is 0.815. The number of nitrogens with one attached hydrogen (secondary N) is 1. The highest BCUT2D eigenvalue weighted by atomic mass is 16.3. The molecule has 2 N–H and O–H groups in total. The molecule has 2 heterocycles. The Morgan fingerprint density at radius 1 is 1.23 bits per heavy atom. The summed E-state index contributed by atoms with van der Waals surface area (Å²) in [6.07, 6.45) is 4.32. The van der Waals surface area contributed by atoms with Crippen molar-refractivity contribution >= 4 is 6.03 Å². The second-order valence-electron chi connectivity index (χ2n) is 7.46. The van der Waals surface area contributed by atoms with Crippen molar-refractivity contribution in [2.75, 3.05) is 32.7 Å². The molecule has 128 valence electrons. The monoisotopic (exact) mass is 311 g/mol. The molecule has 2 aliphatic rings. The summed E-state index contributed by atoms with van der Waals surface area (Å²) in [6, 6.07) is 0.522. The minimum absolute atomic E-state index is 0.0400. The van der Waals surface area contributed by atoms with Crippen LogP contribution in [0.15, 0.2) is 0 Å². The Bertz CT molecular complexity index is 360. The summed E-state index contributed by atoms with van der Waals surface area (Å²) in [6.45, 7) is 10.8. The first-order chi connectivity index (χ1) is 10.5. The number of carbonyl (C=O) groups excluding carboxylic acids is 1. The zero-order valence-corrected chi connectivity index (χ0v) is 14.4. The van der Waals surface area contributed by atoms with Gasteiger partial charge in [0.25, 0.3) is 0 Å². The SMILES string of the molecule is CC(C)CN1CCCC[C@@H]1CNC(=O)N1CC[C@H]([C@H](C)O)C1. The van der Waals surface area contributed by atoms with Crippen LogP contribution >= 0.6 is 0 Å². The molecule has 22 heavy (non-hydrogen) atoms. The molecule has 2 fully saturated rings. The van der Waals surface area contributed by atoms with Gasteiger partial charge in [0, 0.05) is 38.1 Å². The van der Waals surface area contributed by atoms with Gasteiger partial charge in [-0.1, -0.05) is 20.3 Å². The number of likely N-dealkylation sites (tertiary alicyclic amines) is 2. The molecule has 0 spiro atoms. The van der Waals surface area contributed by atoms with E-state index in [1.54, 1.807) is 0 Å². The summed E-state index contributed by atoms with van der Waals surface area (Å²) < 4.78 is 0. The van der Waals surface area contributed by atoms with Crippen LogP contribution in [0.5, 0.6) is 0 Å². The average Bonchev–Trinajstić information content (AvgIpc) is 2.95. The number of amides is 2. The molecular formula is C17H33N3O2. The topological polar surface area (TPSA) is 55.8 Å². The van der Waals surface area contributed by atoms with Crippen LogP contribution in [0.1, 0.15) is 46.5 Å². The van der Waals surface area contributed by atoms with Gasteiger partial charge in [0.05, 0.1) is 6.10 Å². The van der Waals surface area contributed by atoms with E-state index in [0.717, 1.165) is 32.6 Å². The molecule has 2 amide bonds. The maximum absolute atomic E-state index is 12.3. The Kier molecular flexibility index (Phi) is 6.50. The van der Waals surface area contributed by atoms with E-state index < -0.39 is 0 Å². The van der Waals surface area contributed by atoms with Crippen molar-refractivity contribution in [3.05, 3.63) is 0 Å². The number of hydrogen-bond acceptors (Lipinski definition) is 3. The summed E-state index contributed by atoms with van der Waals surface area (Å²) in [5.41, 5.74) is 0. The van der Waals surface area contributed by atoms with Gasteiger partial charge in [-0.25, -0.2) is 4.79 Å². The maximum Gasteiger partial charge on any atom is 0.317 e. The third-order valence-electron chi connectivity index (χ3n) is 5.03. The fraction of sp³-hybridized carbons (Fsp3) is 0.941. The Morgan fingerprint density at radius 2 is 2.00 bits per heavy atom. The molecule has 3 atom stereocenters. The van der Waals surface area contributed by atoms with Crippen LogP contribution in [0.25, 0.3) is 0 Å². The first-order valence-corrected chi connectivity index (χ1v) is 8.92. The van der Waals surface area contributed by atoms with E-state index in [1.165, 1.54) is 19.3 Å². The van der Waals surface area contributed by atoms with Crippen molar-refractivity contribution in [2.24, 2.45) is 11.8 Å². The molecule has 0 aliphatic carbocycles. The Morgan fingerprint density at radius 3 is 2.64 bits per heavy atom. The Labute approximate surface area is 135 Å². The van der Waals surface area contributed by atoms with E-state index in [9.17, 15) is 9.90 Å². The Hall–Kier alpha value is -0.810. The van der Waals surface area contributed by atoms with Gasteiger partial charge in [0.15, 0.2) is 0 Å². The standard InChI is InChI=1S/C17H33N3O2/c1-13(2)11-19-8-5-4-6-16(19)10-18-17(22)20-9-7-15(12-20)14(3)21/h13-16,21H,4-12H2,1-3H3,(H,18,22)/t14-,15-,16+/m0/s1. The van der Waals surface area contributed by atoms with Gasteiger partial charge in [0.1, 0.15) is 0 Å². The van der Waals surface area contributed by atoms with Crippen LogP contribution in [0, 0.1) is 11.8 Å². The molecule has 5 nitrogen and oxygen atoms in total. The lowest BCUT2D eigenvalue weighted by Crippen LogP contribution is -2.50. The summed E-state index contributed by atoms with van der Waals surface area (Å²) >= 11 is 0. The van der Waals surface area contributed by atoms with E-state index in [-0.39, 0.29) is 18.1 Å². The van der Waals surface area contributed by atoms with E-state index >= 15 is 0 Å². The zero-order valence-electron chi connectivity index (χ0n) is 14.4. The first kappa shape index (κ1) is 17.5. The second-order valence-corrected chi connectivity index (χ2v) is 7.46. The number of rotatable bonds is 5. The molecule has 0 aromatic carbocycles. The van der Waals surface area contributed by atoms with Gasteiger partial charge in [-0.15, -0.1) is 0 Å². The van der Waals surface area contributed by atoms with E-state index in [1.807, 2.05) is 11.8 Å². The normalized spacial score (nSPS) is 28.1. The largest absolute Gasteiger partial charge is 0.393 e. The summed E-state index contributed by atoms with van der Waals surface area (Å²) in [5, 5.41) is 12.8. The molecule has 2 rings (SSSR count). The fourth-order valence-corrected chi connectivity index (χ4v) is 3.68. The molecular weight excluding hydrogens is 278 g/mol. The minimum Gasteiger partial charge on any atom is -0.393 e. The van der Waals surface area contributed by atoms with Crippen molar-refractivity contribution in [3.63, 3.8) is 0 Å². The van der Waals surface area contributed by atoms with Crippen LogP contribution < -0.4 is 5.32 Å². The minimum atomic E-state index is -0.322. The number of nitrogens with zero attached hydrogens (tertiary/aromatic N) is 2. The van der Waals surface area contributed by atoms with Gasteiger partial charge < -0.3 is 15.3 Å². The molecule has 0 unspecified atom stereocenters. The highest BCUT2D eigenvalue weighted by molar-refractivity contribution is 5.74. The van der Waals surface area contributed by atoms with Crippen molar-refractivity contribution in [3.8, 4) is 0 Å². The van der Waals surface area contributed by atoms with Gasteiger partial charge in [-0.05, 0) is 38.6 Å². The van der Waals surface area contributed by atoms with Crippen LogP contribution in [-0.2, 0) is 0 Å². The van der Waals surface area contributed by atoms with E-state index in [2.05, 4.69) is 24.1 Å². The van der Waals surface area contributed by atoms with Gasteiger partial charge in [-0.3, -0.25) is 4.90 Å². The van der Waals surface area contributed by atoms with Crippen LogP contribution in [0.2, 0.25) is 0 Å². The van der Waals surface area contributed by atoms with Crippen LogP contribution in [0.4, 0.5) is 4.79 Å². The highest BCUT2D eigenvalue weighted by Crippen LogP contribution is 2.20. The Balaban J connectivity index is 1.77. The third kappa shape index (κ3) is 4.85. The van der Waals surface area contributed by atoms with Crippen LogP contribution in [-0.4, -0.2) is 65.8 Å². The number of hydrogen-bond donors (Lipinski definition) is 2. The third-order valence-corrected chi connectivity index (χ3v) is 5.03. The first-order valence-electron chi connectivity index (χ1n) is 8.92. The molecule has 0 bridgehead atoms. The molecule has 0 aromatic heterocycles. The lowest BCUT2D eigenvalue weighted by Gasteiger charge is -2.37. The predicted molar refractivity (Wildman–Crippen MR) is 88.8 cm³/mol. The van der Waals surface area contributed by atoms with Crippen molar-refractivity contribution < 1.29 is 9.90 Å². The van der Waals surface area contributed by atoms with Crippen molar-refractivity contribution in [1.29, 1.82) is 0 Å². The number of carbonyl (C=O) groups is 1. The van der Waals surface area contributed by atoms with Gasteiger partial charge in [-0.2, -0.15) is 0 Å². The molecule has 0 aromatic rings. The number of aliphatic hydroxyl groups excluding tert-OH is 1. The second kappa shape index (κ2) is 8.16. The van der Waals surface area contributed by atoms with E-state index in [0.29, 0.717) is 18.5 Å². The molecule has 0 radical (unpaired) electrons. The maximum atomic E-state index is 12.3. The lowest BCUT2D eigenvalue weighted by molar-refractivity contribution is 0.123. The molecule has 5 heteroatoms. The molecule has 0 saturated carbocycles. The van der Waals surface area contributed by atoms with E-state index in [4.69, 9.17) is 0 Å². The smallest absolute Gasteiger partial charge is 0.317 e. The van der Waals surface area contributed by atoms with Crippen molar-refractivity contribution in [1.82, 2.24) is 15.1 Å². The zero-order chi connectivity index (χ0) is 16.1. The fourth-order valence-electron chi connectivity index (χ4n) is 3.68. The average molecular weight is 311 g/mol. The highest BCUT2D eigenvalue weighted by Gasteiger charge is 2.30. The van der Waals surface area contributed by atoms with Gasteiger partial charge >= 0.3 is 6.03 Å². The van der Waals surface area contributed by atoms with Crippen molar-refractivity contribution in [2.45, 2.75) is 58.6 Å². The molecule has 2 aliphatic heterocycles.